The number of hydrogen-bond acceptors (Lipinski definition) is 8. The summed E-state index contributed by atoms with van der Waals surface area (Å²) in [5, 5.41) is 6.61. The van der Waals surface area contributed by atoms with E-state index in [0.717, 1.165) is 38.2 Å². The minimum Gasteiger partial charge on any atom is -0.443 e. The number of rotatable bonds is 4. The molecule has 7 nitrogen and oxygen atoms in total. The Bertz CT molecular complexity index is 1050. The van der Waals surface area contributed by atoms with Crippen molar-refractivity contribution in [3.8, 4) is 21.1 Å². The second kappa shape index (κ2) is 6.77. The van der Waals surface area contributed by atoms with Gasteiger partial charge in [0.1, 0.15) is 10.7 Å². The monoisotopic (exact) mass is 383 g/mol. The van der Waals surface area contributed by atoms with Gasteiger partial charge in [-0.25, -0.2) is 9.97 Å². The second-order valence-corrected chi connectivity index (χ2v) is 7.37. The molecule has 0 aliphatic rings. The third-order valence-electron chi connectivity index (χ3n) is 3.72. The Balaban J connectivity index is 1.55. The molecule has 0 bridgehead atoms. The van der Waals surface area contributed by atoms with Crippen molar-refractivity contribution in [3.63, 3.8) is 0 Å². The van der Waals surface area contributed by atoms with Crippen LogP contribution in [-0.2, 0) is 0 Å². The molecule has 4 heterocycles. The number of carbonyl (C=O) groups excluding carboxylic acids is 1. The molecule has 0 radical (unpaired) electrons. The van der Waals surface area contributed by atoms with Gasteiger partial charge in [0.2, 0.25) is 0 Å². The summed E-state index contributed by atoms with van der Waals surface area (Å²) in [6.07, 6.45) is 4.86. The number of aryl methyl sites for hydroxylation is 2. The maximum absolute atomic E-state index is 12.2. The highest BCUT2D eigenvalue weighted by molar-refractivity contribution is 7.19. The summed E-state index contributed by atoms with van der Waals surface area (Å²) in [4.78, 5) is 23.1. The summed E-state index contributed by atoms with van der Waals surface area (Å²) in [6.45, 7) is 3.79. The Morgan fingerprint density at radius 3 is 2.77 bits per heavy atom. The van der Waals surface area contributed by atoms with E-state index >= 15 is 0 Å². The van der Waals surface area contributed by atoms with Gasteiger partial charge >= 0.3 is 0 Å². The molecule has 1 amide bonds. The molecule has 0 fully saturated rings. The average molecular weight is 383 g/mol. The van der Waals surface area contributed by atoms with Crippen LogP contribution in [0.4, 0.5) is 5.82 Å². The quantitative estimate of drug-likeness (QED) is 0.568. The van der Waals surface area contributed by atoms with Crippen molar-refractivity contribution in [1.82, 2.24) is 19.6 Å². The highest BCUT2D eigenvalue weighted by atomic mass is 32.1. The van der Waals surface area contributed by atoms with Crippen molar-refractivity contribution < 1.29 is 9.21 Å². The predicted molar refractivity (Wildman–Crippen MR) is 100 cm³/mol. The zero-order valence-corrected chi connectivity index (χ0v) is 15.5. The highest BCUT2D eigenvalue weighted by Gasteiger charge is 2.15. The van der Waals surface area contributed by atoms with Gasteiger partial charge in [-0.1, -0.05) is 4.49 Å². The number of pyridine rings is 1. The fourth-order valence-electron chi connectivity index (χ4n) is 2.44. The molecule has 26 heavy (non-hydrogen) atoms. The molecule has 4 aromatic heterocycles. The minimum absolute atomic E-state index is 0.252. The normalized spacial score (nSPS) is 10.8. The van der Waals surface area contributed by atoms with Crippen molar-refractivity contribution in [2.75, 3.05) is 5.32 Å². The van der Waals surface area contributed by atoms with Crippen LogP contribution in [0.1, 0.15) is 20.9 Å². The molecule has 0 aliphatic heterocycles. The number of amides is 1. The van der Waals surface area contributed by atoms with Crippen LogP contribution < -0.4 is 5.32 Å². The van der Waals surface area contributed by atoms with Gasteiger partial charge in [-0.2, -0.15) is 0 Å². The van der Waals surface area contributed by atoms with E-state index in [2.05, 4.69) is 30.9 Å². The fraction of sp³-hybridized carbons (Fsp3) is 0.118. The first-order valence-electron chi connectivity index (χ1n) is 7.68. The third-order valence-corrected chi connectivity index (χ3v) is 5.85. The molecule has 130 valence electrons. The molecule has 0 spiro atoms. The van der Waals surface area contributed by atoms with Crippen LogP contribution in [0.3, 0.4) is 0 Å². The number of carbonyl (C=O) groups is 1. The minimum atomic E-state index is -0.252. The zero-order chi connectivity index (χ0) is 18.1. The molecule has 0 unspecified atom stereocenters. The Morgan fingerprint density at radius 1 is 1.23 bits per heavy atom. The Hall–Kier alpha value is -2.91. The first kappa shape index (κ1) is 16.6. The summed E-state index contributed by atoms with van der Waals surface area (Å²) in [6, 6.07) is 5.78. The Labute approximate surface area is 156 Å². The van der Waals surface area contributed by atoms with Crippen LogP contribution in [0.25, 0.3) is 21.1 Å². The zero-order valence-electron chi connectivity index (χ0n) is 13.9. The molecule has 0 aromatic carbocycles. The van der Waals surface area contributed by atoms with Gasteiger partial charge in [-0.3, -0.25) is 4.79 Å². The number of nitrogens with zero attached hydrogens (tertiary/aromatic N) is 4. The number of hydrogen-bond donors (Lipinski definition) is 1. The number of aromatic nitrogens is 4. The van der Waals surface area contributed by atoms with E-state index in [4.69, 9.17) is 4.42 Å². The molecule has 0 aliphatic carbocycles. The first-order chi connectivity index (χ1) is 12.6. The van der Waals surface area contributed by atoms with Crippen LogP contribution >= 0.6 is 22.9 Å². The van der Waals surface area contributed by atoms with E-state index in [1.54, 1.807) is 36.7 Å². The maximum atomic E-state index is 12.2. The third kappa shape index (κ3) is 3.14. The van der Waals surface area contributed by atoms with E-state index in [-0.39, 0.29) is 5.91 Å². The van der Waals surface area contributed by atoms with Gasteiger partial charge in [0, 0.05) is 16.6 Å². The van der Waals surface area contributed by atoms with Crippen molar-refractivity contribution in [1.29, 1.82) is 0 Å². The average Bonchev–Trinajstić information content (AvgIpc) is 3.36. The second-order valence-electron chi connectivity index (χ2n) is 5.56. The van der Waals surface area contributed by atoms with Gasteiger partial charge in [0.05, 0.1) is 16.8 Å². The summed E-state index contributed by atoms with van der Waals surface area (Å²) in [7, 11) is 0. The van der Waals surface area contributed by atoms with Gasteiger partial charge in [-0.05, 0) is 49.1 Å². The van der Waals surface area contributed by atoms with Crippen molar-refractivity contribution in [2.45, 2.75) is 13.8 Å². The van der Waals surface area contributed by atoms with Gasteiger partial charge in [0.15, 0.2) is 12.2 Å². The lowest BCUT2D eigenvalue weighted by atomic mass is 10.1. The lowest BCUT2D eigenvalue weighted by Gasteiger charge is -2.04. The number of nitrogens with one attached hydrogen (secondary N) is 1. The van der Waals surface area contributed by atoms with Gasteiger partial charge < -0.3 is 9.73 Å². The topological polar surface area (TPSA) is 93.8 Å². The van der Waals surface area contributed by atoms with E-state index in [9.17, 15) is 4.79 Å². The first-order valence-corrected chi connectivity index (χ1v) is 9.27. The van der Waals surface area contributed by atoms with Crippen LogP contribution in [0.2, 0.25) is 0 Å². The number of oxazole rings is 1. The largest absolute Gasteiger partial charge is 0.443 e. The number of anilines is 1. The fourth-order valence-corrected chi connectivity index (χ4v) is 4.11. The molecule has 9 heteroatoms. The van der Waals surface area contributed by atoms with E-state index in [1.165, 1.54) is 6.39 Å². The smallest absolute Gasteiger partial charge is 0.270 e. The lowest BCUT2D eigenvalue weighted by Crippen LogP contribution is -2.12. The molecule has 4 rings (SSSR count). The number of thiophene rings is 1. The Morgan fingerprint density at radius 2 is 2.12 bits per heavy atom. The van der Waals surface area contributed by atoms with Crippen LogP contribution in [0, 0.1) is 13.8 Å². The van der Waals surface area contributed by atoms with Crippen LogP contribution in [0.5, 0.6) is 0 Å². The summed E-state index contributed by atoms with van der Waals surface area (Å²) < 4.78 is 9.13. The van der Waals surface area contributed by atoms with Crippen LogP contribution in [-0.4, -0.2) is 25.5 Å². The Kier molecular flexibility index (Phi) is 4.31. The molecule has 0 atom stereocenters. The molecule has 4 aromatic rings. The SMILES string of the molecule is Cc1cc(-c2cnco2)sc1-c1ccc(NC(=O)c2snnc2C)nc1. The van der Waals surface area contributed by atoms with Gasteiger partial charge in [0.25, 0.3) is 5.91 Å². The molecule has 0 saturated heterocycles. The highest BCUT2D eigenvalue weighted by Crippen LogP contribution is 2.37. The predicted octanol–water partition coefficient (Wildman–Crippen LogP) is 4.19. The molecule has 1 N–H and O–H groups in total. The molecule has 0 saturated carbocycles. The molecular formula is C17H13N5O2S2. The van der Waals surface area contributed by atoms with Gasteiger partial charge in [-0.15, -0.1) is 16.4 Å². The van der Waals surface area contributed by atoms with E-state index in [0.29, 0.717) is 16.4 Å². The van der Waals surface area contributed by atoms with Crippen LogP contribution in [0.15, 0.2) is 41.4 Å². The molecular weight excluding hydrogens is 370 g/mol. The maximum Gasteiger partial charge on any atom is 0.270 e. The summed E-state index contributed by atoms with van der Waals surface area (Å²) in [5.74, 6) is 0.976. The summed E-state index contributed by atoms with van der Waals surface area (Å²) in [5.41, 5.74) is 2.72. The summed E-state index contributed by atoms with van der Waals surface area (Å²) >= 11 is 2.68. The van der Waals surface area contributed by atoms with Crippen molar-refractivity contribution >= 4 is 34.6 Å². The standard InChI is InChI=1S/C17H13N5O2S2/c1-9-5-13(12-7-18-8-24-12)25-15(9)11-3-4-14(19-6-11)20-17(23)16-10(2)21-22-26-16/h3-8H,1-2H3,(H,19,20,23). The van der Waals surface area contributed by atoms with E-state index < -0.39 is 0 Å². The van der Waals surface area contributed by atoms with E-state index in [1.807, 2.05) is 13.0 Å². The van der Waals surface area contributed by atoms with Crippen molar-refractivity contribution in [2.24, 2.45) is 0 Å². The van der Waals surface area contributed by atoms with Crippen molar-refractivity contribution in [3.05, 3.63) is 53.1 Å². The lowest BCUT2D eigenvalue weighted by molar-refractivity contribution is 0.102.